The molecule has 0 atom stereocenters. The van der Waals surface area contributed by atoms with E-state index in [9.17, 15) is 15.2 Å². The van der Waals surface area contributed by atoms with Gasteiger partial charge in [-0.3, -0.25) is 0 Å². The number of allylic oxidation sites excluding steroid dienone is 1. The zero-order valence-corrected chi connectivity index (χ0v) is 18.4. The summed E-state index contributed by atoms with van der Waals surface area (Å²) in [6.45, 7) is 4.03. The Balaban J connectivity index is 1.79. The number of H-pyrrole nitrogens is 1. The Bertz CT molecular complexity index is 1160. The predicted octanol–water partition coefficient (Wildman–Crippen LogP) is 5.05. The number of ether oxygens (including phenoxy) is 3. The number of aliphatic hydroxyl groups is 1. The molecule has 8 nitrogen and oxygen atoms in total. The number of aliphatic hydroxyl groups excluding tert-OH is 1. The van der Waals surface area contributed by atoms with Gasteiger partial charge in [-0.25, -0.2) is 9.78 Å². The van der Waals surface area contributed by atoms with Gasteiger partial charge in [0.25, 0.3) is 0 Å². The first-order chi connectivity index (χ1) is 15.5. The Kier molecular flexibility index (Phi) is 7.58. The third-order valence-electron chi connectivity index (χ3n) is 4.36. The molecule has 0 saturated heterocycles. The number of nitrogens with zero attached hydrogens (tertiary/aromatic N) is 2. The van der Waals surface area contributed by atoms with Crippen molar-refractivity contribution in [3.05, 3.63) is 58.6 Å². The quantitative estimate of drug-likeness (QED) is 0.263. The number of esters is 1. The van der Waals surface area contributed by atoms with Crippen molar-refractivity contribution in [2.75, 3.05) is 19.8 Å². The summed E-state index contributed by atoms with van der Waals surface area (Å²) in [6.07, 6.45) is 0.782. The number of hydrogen-bond acceptors (Lipinski definition) is 7. The first-order valence-corrected chi connectivity index (χ1v) is 10.4. The van der Waals surface area contributed by atoms with E-state index in [0.29, 0.717) is 35.7 Å². The largest absolute Gasteiger partial charge is 0.507 e. The van der Waals surface area contributed by atoms with Crippen LogP contribution in [-0.2, 0) is 4.74 Å². The molecule has 0 amide bonds. The Morgan fingerprint density at radius 1 is 1.25 bits per heavy atom. The molecule has 0 spiro atoms. The topological polar surface area (TPSA) is 117 Å². The maximum Gasteiger partial charge on any atom is 0.338 e. The smallest absolute Gasteiger partial charge is 0.338 e. The van der Waals surface area contributed by atoms with Gasteiger partial charge in [-0.2, -0.15) is 5.26 Å². The molecule has 3 rings (SSSR count). The van der Waals surface area contributed by atoms with Gasteiger partial charge in [-0.1, -0.05) is 30.7 Å². The number of carbonyl (C=O) groups is 1. The van der Waals surface area contributed by atoms with Crippen LogP contribution in [-0.4, -0.2) is 40.9 Å². The van der Waals surface area contributed by atoms with Gasteiger partial charge in [-0.15, -0.1) is 0 Å². The van der Waals surface area contributed by atoms with Crippen molar-refractivity contribution in [1.29, 1.82) is 5.26 Å². The fourth-order valence-electron chi connectivity index (χ4n) is 2.91. The van der Waals surface area contributed by atoms with Crippen molar-refractivity contribution < 1.29 is 24.1 Å². The van der Waals surface area contributed by atoms with Crippen molar-refractivity contribution in [2.24, 2.45) is 0 Å². The highest BCUT2D eigenvalue weighted by atomic mass is 35.5. The second-order valence-electron chi connectivity index (χ2n) is 6.68. The number of hydrogen-bond donors (Lipinski definition) is 2. The molecule has 2 N–H and O–H groups in total. The number of halogens is 1. The second-order valence-corrected chi connectivity index (χ2v) is 7.09. The minimum absolute atomic E-state index is 0.120. The lowest BCUT2D eigenvalue weighted by atomic mass is 10.2. The molecule has 0 fully saturated rings. The van der Waals surface area contributed by atoms with E-state index in [2.05, 4.69) is 9.97 Å². The summed E-state index contributed by atoms with van der Waals surface area (Å²) >= 11 is 6.28. The van der Waals surface area contributed by atoms with Gasteiger partial charge in [0, 0.05) is 0 Å². The maximum atomic E-state index is 12.6. The van der Waals surface area contributed by atoms with Gasteiger partial charge in [0.15, 0.2) is 23.1 Å². The second kappa shape index (κ2) is 10.6. The molecule has 0 aliphatic heterocycles. The Morgan fingerprint density at radius 3 is 2.72 bits per heavy atom. The van der Waals surface area contributed by atoms with Gasteiger partial charge >= 0.3 is 5.97 Å². The lowest BCUT2D eigenvalue weighted by Crippen LogP contribution is -2.10. The lowest BCUT2D eigenvalue weighted by molar-refractivity contribution is 0.0502. The number of aromatic nitrogens is 2. The van der Waals surface area contributed by atoms with E-state index in [0.717, 1.165) is 6.42 Å². The SMILES string of the molecule is CCCOc1c(Cl)cc(C(=O)OCC(O)=C(C#N)c2nc3ccccc3[nH]2)cc1OCC. The van der Waals surface area contributed by atoms with E-state index in [-0.39, 0.29) is 22.0 Å². The van der Waals surface area contributed by atoms with Crippen LogP contribution in [0.4, 0.5) is 0 Å². The summed E-state index contributed by atoms with van der Waals surface area (Å²) in [5.74, 6) is -0.324. The van der Waals surface area contributed by atoms with Crippen LogP contribution >= 0.6 is 11.6 Å². The van der Waals surface area contributed by atoms with Gasteiger partial charge in [0.1, 0.15) is 18.2 Å². The minimum Gasteiger partial charge on any atom is -0.507 e. The molecule has 9 heteroatoms. The molecule has 0 unspecified atom stereocenters. The molecule has 0 bridgehead atoms. The lowest BCUT2D eigenvalue weighted by Gasteiger charge is -2.14. The standard InChI is InChI=1S/C23H22ClN3O5/c1-3-9-31-21-16(24)10-14(11-20(21)30-4-2)23(29)32-13-19(28)15(12-25)22-26-17-7-5-6-8-18(17)27-22/h5-8,10-11,28H,3-4,9,13H2,1-2H3,(H,26,27). The number of aromatic amines is 1. The monoisotopic (exact) mass is 455 g/mol. The molecule has 3 aromatic rings. The Hall–Kier alpha value is -3.70. The van der Waals surface area contributed by atoms with E-state index in [1.165, 1.54) is 12.1 Å². The van der Waals surface area contributed by atoms with Crippen LogP contribution in [0, 0.1) is 11.3 Å². The van der Waals surface area contributed by atoms with Crippen LogP contribution in [0.1, 0.15) is 36.5 Å². The van der Waals surface area contributed by atoms with Gasteiger partial charge in [0.05, 0.1) is 34.8 Å². The fraction of sp³-hybridized carbons (Fsp3) is 0.261. The van der Waals surface area contributed by atoms with Gasteiger partial charge < -0.3 is 24.3 Å². The van der Waals surface area contributed by atoms with Crippen LogP contribution in [0.5, 0.6) is 11.5 Å². The predicted molar refractivity (Wildman–Crippen MR) is 120 cm³/mol. The Morgan fingerprint density at radius 2 is 2.03 bits per heavy atom. The molecule has 166 valence electrons. The van der Waals surface area contributed by atoms with Crippen LogP contribution in [0.3, 0.4) is 0 Å². The van der Waals surface area contributed by atoms with Crippen LogP contribution in [0.2, 0.25) is 5.02 Å². The summed E-state index contributed by atoms with van der Waals surface area (Å²) in [6, 6.07) is 12.0. The highest BCUT2D eigenvalue weighted by Crippen LogP contribution is 2.37. The average Bonchev–Trinajstić information content (AvgIpc) is 3.21. The van der Waals surface area contributed by atoms with E-state index < -0.39 is 18.3 Å². The number of benzene rings is 2. The first-order valence-electron chi connectivity index (χ1n) is 10.0. The molecule has 32 heavy (non-hydrogen) atoms. The number of fused-ring (bicyclic) bond motifs is 1. The van der Waals surface area contributed by atoms with Crippen molar-refractivity contribution in [1.82, 2.24) is 9.97 Å². The van der Waals surface area contributed by atoms with Crippen LogP contribution < -0.4 is 9.47 Å². The van der Waals surface area contributed by atoms with E-state index in [4.69, 9.17) is 25.8 Å². The van der Waals surface area contributed by atoms with Gasteiger partial charge in [0.2, 0.25) is 0 Å². The van der Waals surface area contributed by atoms with Crippen molar-refractivity contribution >= 4 is 34.2 Å². The summed E-state index contributed by atoms with van der Waals surface area (Å²) < 4.78 is 16.3. The minimum atomic E-state index is -0.747. The van der Waals surface area contributed by atoms with Crippen LogP contribution in [0.25, 0.3) is 16.6 Å². The third kappa shape index (κ3) is 5.13. The normalized spacial score (nSPS) is 11.6. The molecule has 0 aliphatic carbocycles. The van der Waals surface area contributed by atoms with Crippen LogP contribution in [0.15, 0.2) is 42.2 Å². The zero-order valence-electron chi connectivity index (χ0n) is 17.6. The molecule has 0 aliphatic rings. The van der Waals surface area contributed by atoms with Gasteiger partial charge in [-0.05, 0) is 37.6 Å². The first kappa shape index (κ1) is 23.0. The summed E-state index contributed by atoms with van der Waals surface area (Å²) in [5, 5.41) is 20.0. The molecule has 0 saturated carbocycles. The summed E-state index contributed by atoms with van der Waals surface area (Å²) in [5.41, 5.74) is 1.36. The number of rotatable bonds is 9. The summed E-state index contributed by atoms with van der Waals surface area (Å²) in [7, 11) is 0. The van der Waals surface area contributed by atoms with E-state index in [1.54, 1.807) is 19.1 Å². The Labute approximate surface area is 190 Å². The van der Waals surface area contributed by atoms with Crippen molar-refractivity contribution in [3.8, 4) is 17.6 Å². The maximum absolute atomic E-state index is 12.6. The number of nitriles is 1. The van der Waals surface area contributed by atoms with Crippen molar-refractivity contribution in [2.45, 2.75) is 20.3 Å². The molecule has 1 aromatic heterocycles. The number of nitrogens with one attached hydrogen (secondary N) is 1. The highest BCUT2D eigenvalue weighted by molar-refractivity contribution is 6.32. The molecule has 2 aromatic carbocycles. The van der Waals surface area contributed by atoms with E-state index >= 15 is 0 Å². The highest BCUT2D eigenvalue weighted by Gasteiger charge is 2.19. The molecule has 1 heterocycles. The fourth-order valence-corrected chi connectivity index (χ4v) is 3.17. The number of para-hydroxylation sites is 2. The molecule has 0 radical (unpaired) electrons. The molecular weight excluding hydrogens is 434 g/mol. The number of carbonyl (C=O) groups excluding carboxylic acids is 1. The zero-order chi connectivity index (χ0) is 23.1. The van der Waals surface area contributed by atoms with Crippen molar-refractivity contribution in [3.63, 3.8) is 0 Å². The third-order valence-corrected chi connectivity index (χ3v) is 4.64. The van der Waals surface area contributed by atoms with E-state index in [1.807, 2.05) is 25.1 Å². The summed E-state index contributed by atoms with van der Waals surface area (Å²) in [4.78, 5) is 19.8. The average molecular weight is 456 g/mol. The number of imidazole rings is 1. The molecular formula is C23H22ClN3O5.